The first-order valence-electron chi connectivity index (χ1n) is 4.76. The molecular weight excluding hydrogens is 177 g/mol. The van der Waals surface area contributed by atoms with Crippen molar-refractivity contribution in [2.45, 2.75) is 6.42 Å². The maximum Gasteiger partial charge on any atom is 0.123 e. The molecular formula is C12H13FN. The zero-order valence-corrected chi connectivity index (χ0v) is 8.04. The third-order valence-electron chi connectivity index (χ3n) is 2.51. The lowest BCUT2D eigenvalue weighted by atomic mass is 10.00. The monoisotopic (exact) mass is 190 g/mol. The molecule has 0 unspecified atom stereocenters. The van der Waals surface area contributed by atoms with Crippen LogP contribution in [0.2, 0.25) is 0 Å². The quantitative estimate of drug-likeness (QED) is 0.658. The first-order chi connectivity index (χ1) is 6.75. The van der Waals surface area contributed by atoms with Gasteiger partial charge in [0.15, 0.2) is 0 Å². The molecule has 1 aromatic carbocycles. The molecule has 0 spiro atoms. The van der Waals surface area contributed by atoms with E-state index in [1.165, 1.54) is 17.7 Å². The first kappa shape index (κ1) is 9.41. The van der Waals surface area contributed by atoms with Crippen LogP contribution >= 0.6 is 0 Å². The fraction of sp³-hybridized carbons (Fsp3) is 0.250. The van der Waals surface area contributed by atoms with Gasteiger partial charge in [0.25, 0.3) is 0 Å². The van der Waals surface area contributed by atoms with Crippen molar-refractivity contribution in [2.24, 2.45) is 0 Å². The SMILES string of the molecule is [CH2]N1CC=C(c2ccc(F)cc2)CC1. The second-order valence-electron chi connectivity index (χ2n) is 3.56. The average Bonchev–Trinajstić information content (AvgIpc) is 2.21. The highest BCUT2D eigenvalue weighted by atomic mass is 19.1. The van der Waals surface area contributed by atoms with Crippen LogP contribution in [-0.2, 0) is 0 Å². The lowest BCUT2D eigenvalue weighted by molar-refractivity contribution is 0.408. The van der Waals surface area contributed by atoms with E-state index in [0.717, 1.165) is 25.1 Å². The summed E-state index contributed by atoms with van der Waals surface area (Å²) in [5, 5.41) is 0. The number of halogens is 1. The summed E-state index contributed by atoms with van der Waals surface area (Å²) in [6.07, 6.45) is 3.15. The van der Waals surface area contributed by atoms with Crippen LogP contribution in [0.1, 0.15) is 12.0 Å². The number of hydrogen-bond donors (Lipinski definition) is 0. The molecule has 0 atom stereocenters. The fourth-order valence-electron chi connectivity index (χ4n) is 1.64. The number of hydrogen-bond acceptors (Lipinski definition) is 1. The Morgan fingerprint density at radius 3 is 2.50 bits per heavy atom. The normalized spacial score (nSPS) is 18.0. The van der Waals surface area contributed by atoms with Crippen LogP contribution in [0, 0.1) is 12.9 Å². The van der Waals surface area contributed by atoms with Crippen molar-refractivity contribution in [3.63, 3.8) is 0 Å². The fourth-order valence-corrected chi connectivity index (χ4v) is 1.64. The van der Waals surface area contributed by atoms with E-state index in [1.807, 2.05) is 17.0 Å². The number of nitrogens with zero attached hydrogens (tertiary/aromatic N) is 1. The average molecular weight is 190 g/mol. The summed E-state index contributed by atoms with van der Waals surface area (Å²) in [5.41, 5.74) is 2.42. The van der Waals surface area contributed by atoms with Gasteiger partial charge in [0.05, 0.1) is 0 Å². The van der Waals surface area contributed by atoms with E-state index in [4.69, 9.17) is 0 Å². The molecule has 1 radical (unpaired) electrons. The van der Waals surface area contributed by atoms with Crippen molar-refractivity contribution in [3.05, 3.63) is 48.8 Å². The van der Waals surface area contributed by atoms with Gasteiger partial charge in [-0.2, -0.15) is 0 Å². The predicted molar refractivity (Wildman–Crippen MR) is 55.9 cm³/mol. The molecule has 1 aliphatic heterocycles. The molecule has 0 aliphatic carbocycles. The van der Waals surface area contributed by atoms with Crippen molar-refractivity contribution >= 4 is 5.57 Å². The zero-order chi connectivity index (χ0) is 9.97. The highest BCUT2D eigenvalue weighted by Crippen LogP contribution is 2.21. The topological polar surface area (TPSA) is 3.24 Å². The van der Waals surface area contributed by atoms with Gasteiger partial charge in [-0.3, -0.25) is 4.90 Å². The molecule has 0 saturated carbocycles. The number of rotatable bonds is 1. The molecule has 1 nitrogen and oxygen atoms in total. The van der Waals surface area contributed by atoms with Gasteiger partial charge in [-0.05, 0) is 29.7 Å². The molecule has 2 heteroatoms. The van der Waals surface area contributed by atoms with Crippen molar-refractivity contribution in [1.29, 1.82) is 0 Å². The minimum absolute atomic E-state index is 0.177. The van der Waals surface area contributed by atoms with E-state index in [1.54, 1.807) is 0 Å². The molecule has 0 bridgehead atoms. The van der Waals surface area contributed by atoms with E-state index in [9.17, 15) is 4.39 Å². The molecule has 14 heavy (non-hydrogen) atoms. The maximum absolute atomic E-state index is 12.7. The number of benzene rings is 1. The molecule has 1 aromatic rings. The first-order valence-corrected chi connectivity index (χ1v) is 4.76. The summed E-state index contributed by atoms with van der Waals surface area (Å²) in [5.74, 6) is -0.177. The Balaban J connectivity index is 2.19. The van der Waals surface area contributed by atoms with Gasteiger partial charge < -0.3 is 0 Å². The third kappa shape index (κ3) is 2.02. The maximum atomic E-state index is 12.7. The van der Waals surface area contributed by atoms with Crippen LogP contribution in [0.15, 0.2) is 30.3 Å². The summed E-state index contributed by atoms with van der Waals surface area (Å²) >= 11 is 0. The predicted octanol–water partition coefficient (Wildman–Crippen LogP) is 2.71. The Kier molecular flexibility index (Phi) is 2.64. The lowest BCUT2D eigenvalue weighted by Crippen LogP contribution is -2.21. The van der Waals surface area contributed by atoms with Crippen LogP contribution < -0.4 is 0 Å². The summed E-state index contributed by atoms with van der Waals surface area (Å²) in [7, 11) is 3.87. The van der Waals surface area contributed by atoms with E-state index in [2.05, 4.69) is 13.1 Å². The molecule has 0 amide bonds. The third-order valence-corrected chi connectivity index (χ3v) is 2.51. The molecule has 0 fully saturated rings. The molecule has 73 valence electrons. The molecule has 0 N–H and O–H groups in total. The summed E-state index contributed by atoms with van der Waals surface area (Å²) < 4.78 is 12.7. The second kappa shape index (κ2) is 3.93. The molecule has 0 aromatic heterocycles. The Bertz CT molecular complexity index is 340. The van der Waals surface area contributed by atoms with Crippen molar-refractivity contribution < 1.29 is 4.39 Å². The van der Waals surface area contributed by atoms with Gasteiger partial charge in [-0.1, -0.05) is 18.2 Å². The minimum Gasteiger partial charge on any atom is -0.298 e. The van der Waals surface area contributed by atoms with Crippen LogP contribution in [0.4, 0.5) is 4.39 Å². The Labute approximate surface area is 83.9 Å². The van der Waals surface area contributed by atoms with E-state index < -0.39 is 0 Å². The highest BCUT2D eigenvalue weighted by molar-refractivity contribution is 5.66. The Morgan fingerprint density at radius 2 is 1.93 bits per heavy atom. The zero-order valence-electron chi connectivity index (χ0n) is 8.04. The molecule has 1 aliphatic rings. The van der Waals surface area contributed by atoms with E-state index in [-0.39, 0.29) is 5.82 Å². The van der Waals surface area contributed by atoms with E-state index in [0.29, 0.717) is 0 Å². The van der Waals surface area contributed by atoms with Crippen LogP contribution in [0.3, 0.4) is 0 Å². The van der Waals surface area contributed by atoms with Crippen LogP contribution in [0.25, 0.3) is 5.57 Å². The highest BCUT2D eigenvalue weighted by Gasteiger charge is 2.09. The second-order valence-corrected chi connectivity index (χ2v) is 3.56. The van der Waals surface area contributed by atoms with Crippen molar-refractivity contribution in [3.8, 4) is 0 Å². The lowest BCUT2D eigenvalue weighted by Gasteiger charge is -2.21. The Morgan fingerprint density at radius 1 is 1.21 bits per heavy atom. The summed E-state index contributed by atoms with van der Waals surface area (Å²) in [6, 6.07) is 6.68. The van der Waals surface area contributed by atoms with Gasteiger partial charge in [0.2, 0.25) is 0 Å². The standard InChI is InChI=1S/C12H13FN/c1-14-8-6-11(7-9-14)10-2-4-12(13)5-3-10/h2-6H,1,7-9H2. The largest absolute Gasteiger partial charge is 0.298 e. The van der Waals surface area contributed by atoms with Crippen LogP contribution in [-0.4, -0.2) is 18.0 Å². The summed E-state index contributed by atoms with van der Waals surface area (Å²) in [4.78, 5) is 2.02. The van der Waals surface area contributed by atoms with Gasteiger partial charge in [0, 0.05) is 20.1 Å². The molecule has 1 heterocycles. The van der Waals surface area contributed by atoms with Gasteiger partial charge in [0.1, 0.15) is 5.82 Å². The van der Waals surface area contributed by atoms with Crippen molar-refractivity contribution in [2.75, 3.05) is 13.1 Å². The minimum atomic E-state index is -0.177. The van der Waals surface area contributed by atoms with E-state index >= 15 is 0 Å². The van der Waals surface area contributed by atoms with Crippen molar-refractivity contribution in [1.82, 2.24) is 4.90 Å². The van der Waals surface area contributed by atoms with Gasteiger partial charge in [-0.15, -0.1) is 0 Å². The van der Waals surface area contributed by atoms with Gasteiger partial charge >= 0.3 is 0 Å². The van der Waals surface area contributed by atoms with Gasteiger partial charge in [-0.25, -0.2) is 4.39 Å². The van der Waals surface area contributed by atoms with Crippen LogP contribution in [0.5, 0.6) is 0 Å². The molecule has 2 rings (SSSR count). The smallest absolute Gasteiger partial charge is 0.123 e. The Hall–Kier alpha value is -1.15. The summed E-state index contributed by atoms with van der Waals surface area (Å²) in [6.45, 7) is 1.86. The molecule has 0 saturated heterocycles.